The monoisotopic (exact) mass is 941 g/mol. The highest BCUT2D eigenvalue weighted by molar-refractivity contribution is 6.21. The lowest BCUT2D eigenvalue weighted by molar-refractivity contribution is 1.08. The minimum absolute atomic E-state index is 0.588. The van der Waals surface area contributed by atoms with E-state index in [0.29, 0.717) is 17.5 Å². The molecule has 0 unspecified atom stereocenters. The van der Waals surface area contributed by atoms with Crippen LogP contribution in [0.1, 0.15) is 0 Å². The molecule has 0 aliphatic heterocycles. The summed E-state index contributed by atoms with van der Waals surface area (Å²) in [5, 5.41) is 11.7. The third kappa shape index (κ3) is 6.68. The summed E-state index contributed by atoms with van der Waals surface area (Å²) < 4.78 is 4.82. The third-order valence-corrected chi connectivity index (χ3v) is 14.9. The van der Waals surface area contributed by atoms with Gasteiger partial charge in [0.25, 0.3) is 0 Å². The lowest BCUT2D eigenvalue weighted by Crippen LogP contribution is -2.03. The van der Waals surface area contributed by atoms with Crippen molar-refractivity contribution in [2.75, 3.05) is 0 Å². The number of hydrogen-bond donors (Lipinski definition) is 0. The fourth-order valence-corrected chi connectivity index (χ4v) is 11.5. The highest BCUT2D eigenvalue weighted by Gasteiger charge is 2.24. The Bertz CT molecular complexity index is 4720. The van der Waals surface area contributed by atoms with Crippen LogP contribution in [-0.2, 0) is 0 Å². The standard InChI is InChI=1S/C69H43N5/c1-3-19-45(20-4-1)53-27-13-14-29-55(53)60-43-52(74-64-42-49-24-10-9-23-48(49)41-61(64)56-38-36-46-21-11-12-28-54(46)66(56)74)37-39-57(60)68-70-67(50-35-34-44-18-7-8-22-47(44)40-50)71-69(72-68)59-31-17-33-63-65(59)58-30-15-16-32-62(58)73(63)51-25-5-2-6-26-51/h1-43H. The Morgan fingerprint density at radius 3 is 1.65 bits per heavy atom. The highest BCUT2D eigenvalue weighted by Crippen LogP contribution is 2.44. The summed E-state index contributed by atoms with van der Waals surface area (Å²) in [4.78, 5) is 16.6. The average Bonchev–Trinajstić information content (AvgIpc) is 4.03. The summed E-state index contributed by atoms with van der Waals surface area (Å²) in [6, 6.07) is 93.7. The van der Waals surface area contributed by atoms with Crippen LogP contribution >= 0.6 is 0 Å². The molecule has 0 saturated heterocycles. The molecule has 0 aliphatic carbocycles. The molecule has 0 saturated carbocycles. The number of aromatic nitrogens is 5. The van der Waals surface area contributed by atoms with Crippen molar-refractivity contribution in [2.24, 2.45) is 0 Å². The predicted molar refractivity (Wildman–Crippen MR) is 308 cm³/mol. The first-order valence-electron chi connectivity index (χ1n) is 25.2. The van der Waals surface area contributed by atoms with Crippen LogP contribution in [0.2, 0.25) is 0 Å². The van der Waals surface area contributed by atoms with Gasteiger partial charge in [0.05, 0.1) is 22.1 Å². The predicted octanol–water partition coefficient (Wildman–Crippen LogP) is 17.9. The van der Waals surface area contributed by atoms with Crippen molar-refractivity contribution in [3.05, 3.63) is 261 Å². The summed E-state index contributed by atoms with van der Waals surface area (Å²) in [5.41, 5.74) is 13.7. The van der Waals surface area contributed by atoms with E-state index in [0.717, 1.165) is 88.4 Å². The van der Waals surface area contributed by atoms with E-state index >= 15 is 0 Å². The van der Waals surface area contributed by atoms with E-state index in [9.17, 15) is 0 Å². The molecule has 0 N–H and O–H groups in total. The van der Waals surface area contributed by atoms with Gasteiger partial charge in [-0.3, -0.25) is 0 Å². The van der Waals surface area contributed by atoms with Crippen molar-refractivity contribution in [1.82, 2.24) is 24.1 Å². The van der Waals surface area contributed by atoms with Gasteiger partial charge in [0, 0.05) is 55.0 Å². The van der Waals surface area contributed by atoms with E-state index in [1.165, 1.54) is 37.8 Å². The second kappa shape index (κ2) is 16.8. The van der Waals surface area contributed by atoms with E-state index in [4.69, 9.17) is 15.0 Å². The van der Waals surface area contributed by atoms with Gasteiger partial charge in [-0.25, -0.2) is 15.0 Å². The Balaban J connectivity index is 1.04. The van der Waals surface area contributed by atoms with E-state index in [-0.39, 0.29) is 0 Å². The molecule has 0 atom stereocenters. The topological polar surface area (TPSA) is 48.5 Å². The Morgan fingerprint density at radius 1 is 0.243 bits per heavy atom. The summed E-state index contributed by atoms with van der Waals surface area (Å²) in [6.07, 6.45) is 0. The molecule has 74 heavy (non-hydrogen) atoms. The van der Waals surface area contributed by atoms with Crippen molar-refractivity contribution in [3.8, 4) is 67.8 Å². The van der Waals surface area contributed by atoms with Crippen LogP contribution in [0.25, 0.3) is 144 Å². The molecule has 15 rings (SSSR count). The van der Waals surface area contributed by atoms with Gasteiger partial charge in [0.2, 0.25) is 0 Å². The maximum Gasteiger partial charge on any atom is 0.164 e. The van der Waals surface area contributed by atoms with E-state index in [2.05, 4.69) is 270 Å². The van der Waals surface area contributed by atoms with Crippen molar-refractivity contribution < 1.29 is 0 Å². The summed E-state index contributed by atoms with van der Waals surface area (Å²) in [7, 11) is 0. The van der Waals surface area contributed by atoms with E-state index < -0.39 is 0 Å². The molecule has 3 heterocycles. The van der Waals surface area contributed by atoms with Gasteiger partial charge >= 0.3 is 0 Å². The first-order chi connectivity index (χ1) is 36.7. The summed E-state index contributed by atoms with van der Waals surface area (Å²) >= 11 is 0. The molecule has 0 spiro atoms. The van der Waals surface area contributed by atoms with Crippen LogP contribution in [0.4, 0.5) is 0 Å². The van der Waals surface area contributed by atoms with Crippen LogP contribution in [0, 0.1) is 0 Å². The molecule has 15 aromatic rings. The fraction of sp³-hybridized carbons (Fsp3) is 0. The lowest BCUT2D eigenvalue weighted by atomic mass is 9.91. The van der Waals surface area contributed by atoms with Gasteiger partial charge in [-0.15, -0.1) is 0 Å². The van der Waals surface area contributed by atoms with Gasteiger partial charge in [0.15, 0.2) is 17.5 Å². The molecule has 5 heteroatoms. The molecule has 0 aliphatic rings. The largest absolute Gasteiger partial charge is 0.309 e. The zero-order chi connectivity index (χ0) is 48.7. The molecule has 5 nitrogen and oxygen atoms in total. The van der Waals surface area contributed by atoms with Crippen LogP contribution in [-0.4, -0.2) is 24.1 Å². The maximum atomic E-state index is 5.62. The van der Waals surface area contributed by atoms with Crippen molar-refractivity contribution in [1.29, 1.82) is 0 Å². The van der Waals surface area contributed by atoms with Crippen LogP contribution in [0.5, 0.6) is 0 Å². The Kier molecular flexibility index (Phi) is 9.50. The number of fused-ring (bicyclic) bond motifs is 10. The van der Waals surface area contributed by atoms with Gasteiger partial charge < -0.3 is 9.13 Å². The van der Waals surface area contributed by atoms with Crippen molar-refractivity contribution in [3.63, 3.8) is 0 Å². The van der Waals surface area contributed by atoms with Gasteiger partial charge in [0.1, 0.15) is 0 Å². The summed E-state index contributed by atoms with van der Waals surface area (Å²) in [6.45, 7) is 0. The summed E-state index contributed by atoms with van der Waals surface area (Å²) in [5.74, 6) is 1.79. The molecule has 344 valence electrons. The SMILES string of the molecule is c1ccc(-c2ccccc2-c2cc(-n3c4cc5ccccc5cc4c4ccc5ccccc5c43)ccc2-c2nc(-c3ccc4ccccc4c3)nc(-c3cccc4c3c3ccccc3n4-c3ccccc3)n2)cc1. The number of hydrogen-bond acceptors (Lipinski definition) is 3. The number of para-hydroxylation sites is 2. The fourth-order valence-electron chi connectivity index (χ4n) is 11.5. The normalized spacial score (nSPS) is 11.8. The molecule has 0 radical (unpaired) electrons. The highest BCUT2D eigenvalue weighted by atomic mass is 15.0. The minimum atomic E-state index is 0.588. The minimum Gasteiger partial charge on any atom is -0.309 e. The number of rotatable bonds is 7. The first-order valence-corrected chi connectivity index (χ1v) is 25.2. The van der Waals surface area contributed by atoms with Gasteiger partial charge in [-0.2, -0.15) is 0 Å². The van der Waals surface area contributed by atoms with Gasteiger partial charge in [-0.1, -0.05) is 200 Å². The smallest absolute Gasteiger partial charge is 0.164 e. The molecule has 0 bridgehead atoms. The Hall–Kier alpha value is -9.97. The van der Waals surface area contributed by atoms with Crippen LogP contribution in [0.3, 0.4) is 0 Å². The molecule has 3 aromatic heterocycles. The Labute approximate surface area is 426 Å². The second-order valence-electron chi connectivity index (χ2n) is 19.1. The Morgan fingerprint density at radius 2 is 0.838 bits per heavy atom. The number of benzene rings is 12. The maximum absolute atomic E-state index is 5.62. The quantitative estimate of drug-likeness (QED) is 0.160. The number of nitrogens with zero attached hydrogens (tertiary/aromatic N) is 5. The van der Waals surface area contributed by atoms with Gasteiger partial charge in [-0.05, 0) is 110 Å². The first kappa shape index (κ1) is 41.8. The molecular weight excluding hydrogens is 899 g/mol. The zero-order valence-electron chi connectivity index (χ0n) is 40.1. The van der Waals surface area contributed by atoms with E-state index in [1.54, 1.807) is 0 Å². The van der Waals surface area contributed by atoms with Crippen molar-refractivity contribution in [2.45, 2.75) is 0 Å². The van der Waals surface area contributed by atoms with Crippen molar-refractivity contribution >= 4 is 75.9 Å². The van der Waals surface area contributed by atoms with Crippen LogP contribution in [0.15, 0.2) is 261 Å². The van der Waals surface area contributed by atoms with Crippen LogP contribution < -0.4 is 0 Å². The third-order valence-electron chi connectivity index (χ3n) is 14.9. The molecular formula is C69H43N5. The molecule has 12 aromatic carbocycles. The lowest BCUT2D eigenvalue weighted by Gasteiger charge is -2.18. The average molecular weight is 942 g/mol. The van der Waals surface area contributed by atoms with E-state index in [1.807, 2.05) is 0 Å². The molecule has 0 amide bonds. The second-order valence-corrected chi connectivity index (χ2v) is 19.1. The zero-order valence-corrected chi connectivity index (χ0v) is 40.1. The molecule has 0 fully saturated rings.